The van der Waals surface area contributed by atoms with Crippen molar-refractivity contribution in [1.82, 2.24) is 10.1 Å². The predicted octanol–water partition coefficient (Wildman–Crippen LogP) is 3.93. The van der Waals surface area contributed by atoms with Crippen molar-refractivity contribution in [3.63, 3.8) is 0 Å². The van der Waals surface area contributed by atoms with E-state index >= 15 is 0 Å². The molecule has 0 radical (unpaired) electrons. The molecule has 0 aliphatic rings. The number of nitrogens with zero attached hydrogens (tertiary/aromatic N) is 2. The molecule has 5 nitrogen and oxygen atoms in total. The molecule has 1 heterocycles. The average Bonchev–Trinajstić information content (AvgIpc) is 2.97. The van der Waals surface area contributed by atoms with Crippen LogP contribution in [0.4, 0.5) is 0 Å². The largest absolute Gasteiger partial charge is 0.345 e. The Bertz CT molecular complexity index is 543. The van der Waals surface area contributed by atoms with Crippen LogP contribution in [0.15, 0.2) is 28.8 Å². The maximum Gasteiger partial charge on any atom is 0.283 e. The number of benzene rings is 1. The van der Waals surface area contributed by atoms with E-state index in [2.05, 4.69) is 36.1 Å². The highest BCUT2D eigenvalue weighted by Gasteiger charge is 2.20. The molecule has 2 rings (SSSR count). The molecule has 0 spiro atoms. The molecule has 0 fully saturated rings. The fourth-order valence-electron chi connectivity index (χ4n) is 1.96. The van der Waals surface area contributed by atoms with Gasteiger partial charge in [0.05, 0.1) is 0 Å². The number of hydrogen-bond donors (Lipinski definition) is 0. The zero-order valence-corrected chi connectivity index (χ0v) is 13.0. The van der Waals surface area contributed by atoms with Crippen molar-refractivity contribution in [1.29, 1.82) is 0 Å². The lowest BCUT2D eigenvalue weighted by Crippen LogP contribution is -2.09. The highest BCUT2D eigenvalue weighted by Crippen LogP contribution is 2.23. The molecule has 21 heavy (non-hydrogen) atoms. The number of rotatable bonds is 7. The van der Waals surface area contributed by atoms with Crippen LogP contribution < -0.4 is 0 Å². The highest BCUT2D eigenvalue weighted by molar-refractivity contribution is 5.54. The van der Waals surface area contributed by atoms with Gasteiger partial charge in [0.1, 0.15) is 0 Å². The second-order valence-electron chi connectivity index (χ2n) is 4.98. The average molecular weight is 290 g/mol. The molecule has 1 aromatic carbocycles. The monoisotopic (exact) mass is 290 g/mol. The third-order valence-electron chi connectivity index (χ3n) is 3.12. The van der Waals surface area contributed by atoms with Crippen LogP contribution in [0.25, 0.3) is 11.4 Å². The minimum atomic E-state index is -0.601. The third kappa shape index (κ3) is 3.89. The zero-order chi connectivity index (χ0) is 15.2. The number of hydrogen-bond acceptors (Lipinski definition) is 5. The van der Waals surface area contributed by atoms with Crippen molar-refractivity contribution >= 4 is 0 Å². The maximum atomic E-state index is 5.45. The normalized spacial score (nSPS) is 11.5. The maximum absolute atomic E-state index is 5.45. The molecule has 0 unspecified atom stereocenters. The van der Waals surface area contributed by atoms with Crippen LogP contribution in [0, 0.1) is 0 Å². The van der Waals surface area contributed by atoms with E-state index in [1.807, 2.05) is 26.0 Å². The quantitative estimate of drug-likeness (QED) is 0.723. The Kier molecular flexibility index (Phi) is 5.47. The minimum Gasteiger partial charge on any atom is -0.345 e. The summed E-state index contributed by atoms with van der Waals surface area (Å²) in [7, 11) is 0. The summed E-state index contributed by atoms with van der Waals surface area (Å²) in [6.45, 7) is 9.16. The lowest BCUT2D eigenvalue weighted by Gasteiger charge is -2.11. The second kappa shape index (κ2) is 7.33. The van der Waals surface area contributed by atoms with Gasteiger partial charge in [0.2, 0.25) is 12.1 Å². The first kappa shape index (κ1) is 15.7. The molecule has 0 amide bonds. The van der Waals surface area contributed by atoms with Gasteiger partial charge in [-0.15, -0.1) is 0 Å². The van der Waals surface area contributed by atoms with E-state index in [0.717, 1.165) is 5.56 Å². The van der Waals surface area contributed by atoms with Crippen molar-refractivity contribution in [2.24, 2.45) is 0 Å². The highest BCUT2D eigenvalue weighted by atomic mass is 16.7. The Morgan fingerprint density at radius 3 is 2.19 bits per heavy atom. The van der Waals surface area contributed by atoms with Gasteiger partial charge >= 0.3 is 0 Å². The smallest absolute Gasteiger partial charge is 0.283 e. The number of aromatic nitrogens is 2. The SMILES string of the molecule is CCOC(OCC)c1nc(-c2ccc(C(C)C)cc2)no1. The fraction of sp³-hybridized carbons (Fsp3) is 0.500. The molecule has 0 aliphatic carbocycles. The van der Waals surface area contributed by atoms with Crippen LogP contribution in [-0.2, 0) is 9.47 Å². The van der Waals surface area contributed by atoms with Crippen LogP contribution in [-0.4, -0.2) is 23.4 Å². The Hall–Kier alpha value is -1.72. The number of ether oxygens (including phenoxy) is 2. The first-order valence-corrected chi connectivity index (χ1v) is 7.32. The van der Waals surface area contributed by atoms with E-state index in [9.17, 15) is 0 Å². The minimum absolute atomic E-state index is 0.349. The van der Waals surface area contributed by atoms with Crippen molar-refractivity contribution in [2.75, 3.05) is 13.2 Å². The summed E-state index contributed by atoms with van der Waals surface area (Å²) >= 11 is 0. The summed E-state index contributed by atoms with van der Waals surface area (Å²) in [4.78, 5) is 4.36. The standard InChI is InChI=1S/C16H22N2O3/c1-5-19-16(20-6-2)15-17-14(18-21-15)13-9-7-12(8-10-13)11(3)4/h7-11,16H,5-6H2,1-4H3. The summed E-state index contributed by atoms with van der Waals surface area (Å²) in [6, 6.07) is 8.16. The summed E-state index contributed by atoms with van der Waals surface area (Å²) in [5.41, 5.74) is 2.20. The second-order valence-corrected chi connectivity index (χ2v) is 4.98. The lowest BCUT2D eigenvalue weighted by atomic mass is 10.0. The van der Waals surface area contributed by atoms with Crippen LogP contribution in [0.5, 0.6) is 0 Å². The van der Waals surface area contributed by atoms with E-state index in [1.165, 1.54) is 5.56 Å². The van der Waals surface area contributed by atoms with Crippen molar-refractivity contribution < 1.29 is 14.0 Å². The molecular weight excluding hydrogens is 268 g/mol. The van der Waals surface area contributed by atoms with Gasteiger partial charge < -0.3 is 14.0 Å². The Morgan fingerprint density at radius 2 is 1.67 bits per heavy atom. The first-order chi connectivity index (χ1) is 10.2. The fourth-order valence-corrected chi connectivity index (χ4v) is 1.96. The Labute approximate surface area is 125 Å². The van der Waals surface area contributed by atoms with E-state index < -0.39 is 6.29 Å². The van der Waals surface area contributed by atoms with Gasteiger partial charge in [0.15, 0.2) is 0 Å². The molecule has 0 bridgehead atoms. The lowest BCUT2D eigenvalue weighted by molar-refractivity contribution is -0.155. The molecule has 5 heteroatoms. The van der Waals surface area contributed by atoms with Gasteiger partial charge in [0, 0.05) is 18.8 Å². The Morgan fingerprint density at radius 1 is 1.05 bits per heavy atom. The molecule has 114 valence electrons. The van der Waals surface area contributed by atoms with Gasteiger partial charge in [-0.2, -0.15) is 4.98 Å². The predicted molar refractivity (Wildman–Crippen MR) is 79.8 cm³/mol. The van der Waals surface area contributed by atoms with Crippen LogP contribution >= 0.6 is 0 Å². The van der Waals surface area contributed by atoms with Gasteiger partial charge in [-0.1, -0.05) is 43.3 Å². The van der Waals surface area contributed by atoms with Crippen molar-refractivity contribution in [2.45, 2.75) is 39.9 Å². The van der Waals surface area contributed by atoms with Crippen LogP contribution in [0.3, 0.4) is 0 Å². The van der Waals surface area contributed by atoms with Crippen LogP contribution in [0.1, 0.15) is 51.4 Å². The summed E-state index contributed by atoms with van der Waals surface area (Å²) in [6.07, 6.45) is -0.601. The molecule has 0 saturated carbocycles. The summed E-state index contributed by atoms with van der Waals surface area (Å²) in [5.74, 6) is 1.39. The van der Waals surface area contributed by atoms with Gasteiger partial charge in [-0.05, 0) is 25.3 Å². The molecular formula is C16H22N2O3. The van der Waals surface area contributed by atoms with Gasteiger partial charge in [-0.25, -0.2) is 0 Å². The van der Waals surface area contributed by atoms with E-state index in [4.69, 9.17) is 14.0 Å². The summed E-state index contributed by atoms with van der Waals surface area (Å²) in [5, 5.41) is 4.00. The van der Waals surface area contributed by atoms with E-state index in [0.29, 0.717) is 30.8 Å². The molecule has 0 saturated heterocycles. The van der Waals surface area contributed by atoms with Crippen molar-refractivity contribution in [3.05, 3.63) is 35.7 Å². The molecule has 0 N–H and O–H groups in total. The molecule has 0 aliphatic heterocycles. The van der Waals surface area contributed by atoms with Gasteiger partial charge in [0.25, 0.3) is 5.89 Å². The van der Waals surface area contributed by atoms with Crippen LogP contribution in [0.2, 0.25) is 0 Å². The first-order valence-electron chi connectivity index (χ1n) is 7.32. The van der Waals surface area contributed by atoms with E-state index in [1.54, 1.807) is 0 Å². The molecule has 0 atom stereocenters. The van der Waals surface area contributed by atoms with Gasteiger partial charge in [-0.3, -0.25) is 0 Å². The molecule has 1 aromatic heterocycles. The Balaban J connectivity index is 2.18. The topological polar surface area (TPSA) is 57.4 Å². The molecule has 2 aromatic rings. The summed E-state index contributed by atoms with van der Waals surface area (Å²) < 4.78 is 16.2. The van der Waals surface area contributed by atoms with Crippen molar-refractivity contribution in [3.8, 4) is 11.4 Å². The van der Waals surface area contributed by atoms with E-state index in [-0.39, 0.29) is 0 Å². The third-order valence-corrected chi connectivity index (χ3v) is 3.12. The zero-order valence-electron chi connectivity index (χ0n) is 13.0.